The summed E-state index contributed by atoms with van der Waals surface area (Å²) in [5, 5.41) is 0. The molecule has 1 amide bonds. The first kappa shape index (κ1) is 16.4. The van der Waals surface area contributed by atoms with Crippen LogP contribution < -0.4 is 10.5 Å². The maximum Gasteiger partial charge on any atom is 0.260 e. The van der Waals surface area contributed by atoms with Gasteiger partial charge in [-0.05, 0) is 18.6 Å². The van der Waals surface area contributed by atoms with Gasteiger partial charge in [0.15, 0.2) is 6.61 Å². The Balaban J connectivity index is 2.50. The van der Waals surface area contributed by atoms with Crippen molar-refractivity contribution in [3.63, 3.8) is 0 Å². The van der Waals surface area contributed by atoms with Crippen molar-refractivity contribution in [3.8, 4) is 5.75 Å². The third kappa shape index (κ3) is 5.17. The first-order valence-corrected chi connectivity index (χ1v) is 7.22. The Labute approximate surface area is 125 Å². The van der Waals surface area contributed by atoms with Crippen LogP contribution in [-0.4, -0.2) is 36.0 Å². The van der Waals surface area contributed by atoms with Crippen LogP contribution in [0.3, 0.4) is 0 Å². The lowest BCUT2D eigenvalue weighted by molar-refractivity contribution is -0.132. The smallest absolute Gasteiger partial charge is 0.260 e. The van der Waals surface area contributed by atoms with Crippen molar-refractivity contribution in [3.05, 3.63) is 29.8 Å². The van der Waals surface area contributed by atoms with Crippen LogP contribution in [0.1, 0.15) is 31.7 Å². The number of carbonyl (C=O) groups is 1. The number of nitrogens with zero attached hydrogens (tertiary/aromatic N) is 1. The molecule has 0 aliphatic heterocycles. The van der Waals surface area contributed by atoms with Gasteiger partial charge in [0.25, 0.3) is 5.91 Å². The molecule has 0 bridgehead atoms. The lowest BCUT2D eigenvalue weighted by Gasteiger charge is -2.18. The summed E-state index contributed by atoms with van der Waals surface area (Å²) in [5.41, 5.74) is 6.27. The third-order valence-corrected chi connectivity index (χ3v) is 3.25. The topological polar surface area (TPSA) is 55.6 Å². The highest BCUT2D eigenvalue weighted by molar-refractivity contribution is 7.80. The van der Waals surface area contributed by atoms with E-state index < -0.39 is 0 Å². The molecule has 0 heterocycles. The molecule has 0 radical (unpaired) electrons. The van der Waals surface area contributed by atoms with E-state index in [1.165, 1.54) is 0 Å². The van der Waals surface area contributed by atoms with Gasteiger partial charge >= 0.3 is 0 Å². The van der Waals surface area contributed by atoms with Crippen LogP contribution >= 0.6 is 12.2 Å². The summed E-state index contributed by atoms with van der Waals surface area (Å²) in [6.45, 7) is 2.90. The number of hydrogen-bond acceptors (Lipinski definition) is 3. The number of amides is 1. The molecule has 20 heavy (non-hydrogen) atoms. The zero-order valence-corrected chi connectivity index (χ0v) is 12.9. The second kappa shape index (κ2) is 8.53. The molecule has 1 aromatic carbocycles. The van der Waals surface area contributed by atoms with Crippen LogP contribution in [-0.2, 0) is 4.79 Å². The standard InChI is InChI=1S/C15H22N2O2S/c1-3-4-7-10-17(2)14(18)11-19-13-9-6-5-8-12(13)15(16)20/h5-6,8-9H,3-4,7,10-11H2,1-2H3,(H2,16,20). The van der Waals surface area contributed by atoms with E-state index in [2.05, 4.69) is 6.92 Å². The second-order valence-electron chi connectivity index (χ2n) is 4.67. The van der Waals surface area contributed by atoms with Gasteiger partial charge in [0.2, 0.25) is 0 Å². The van der Waals surface area contributed by atoms with Crippen molar-refractivity contribution in [2.75, 3.05) is 20.2 Å². The number of thiocarbonyl (C=S) groups is 1. The van der Waals surface area contributed by atoms with E-state index in [0.717, 1.165) is 25.8 Å². The predicted octanol–water partition coefficient (Wildman–Crippen LogP) is 2.35. The molecule has 0 saturated carbocycles. The molecular weight excluding hydrogens is 272 g/mol. The molecule has 4 nitrogen and oxygen atoms in total. The molecule has 0 unspecified atom stereocenters. The first-order valence-electron chi connectivity index (χ1n) is 6.81. The molecule has 0 aromatic heterocycles. The Hall–Kier alpha value is -1.62. The Morgan fingerprint density at radius 3 is 2.70 bits per heavy atom. The van der Waals surface area contributed by atoms with Crippen molar-refractivity contribution < 1.29 is 9.53 Å². The molecule has 0 aliphatic carbocycles. The number of likely N-dealkylation sites (N-methyl/N-ethyl adjacent to an activating group) is 1. The molecule has 0 saturated heterocycles. The molecule has 110 valence electrons. The fourth-order valence-electron chi connectivity index (χ4n) is 1.77. The summed E-state index contributed by atoms with van der Waals surface area (Å²) in [6.07, 6.45) is 3.28. The summed E-state index contributed by atoms with van der Waals surface area (Å²) < 4.78 is 5.53. The van der Waals surface area contributed by atoms with Gasteiger partial charge in [-0.15, -0.1) is 0 Å². The monoisotopic (exact) mass is 294 g/mol. The van der Waals surface area contributed by atoms with Gasteiger partial charge in [0, 0.05) is 13.6 Å². The van der Waals surface area contributed by atoms with E-state index in [-0.39, 0.29) is 17.5 Å². The van der Waals surface area contributed by atoms with Gasteiger partial charge in [-0.2, -0.15) is 0 Å². The normalized spacial score (nSPS) is 10.1. The summed E-state index contributed by atoms with van der Waals surface area (Å²) >= 11 is 4.95. The van der Waals surface area contributed by atoms with E-state index >= 15 is 0 Å². The molecule has 5 heteroatoms. The average Bonchev–Trinajstić information content (AvgIpc) is 2.45. The molecule has 1 aromatic rings. The number of carbonyl (C=O) groups excluding carboxylic acids is 1. The maximum absolute atomic E-state index is 11.9. The molecule has 0 atom stereocenters. The highest BCUT2D eigenvalue weighted by atomic mass is 32.1. The van der Waals surface area contributed by atoms with Crippen molar-refractivity contribution >= 4 is 23.1 Å². The molecular formula is C15H22N2O2S. The Bertz CT molecular complexity index is 463. The van der Waals surface area contributed by atoms with E-state index in [0.29, 0.717) is 11.3 Å². The number of para-hydroxylation sites is 1. The van der Waals surface area contributed by atoms with Gasteiger partial charge in [-0.25, -0.2) is 0 Å². The summed E-state index contributed by atoms with van der Waals surface area (Å²) in [7, 11) is 1.79. The highest BCUT2D eigenvalue weighted by Crippen LogP contribution is 2.17. The largest absolute Gasteiger partial charge is 0.483 e. The number of nitrogens with two attached hydrogens (primary N) is 1. The Morgan fingerprint density at radius 1 is 1.35 bits per heavy atom. The van der Waals surface area contributed by atoms with E-state index in [1.54, 1.807) is 24.1 Å². The third-order valence-electron chi connectivity index (χ3n) is 3.03. The average molecular weight is 294 g/mol. The zero-order chi connectivity index (χ0) is 15.0. The highest BCUT2D eigenvalue weighted by Gasteiger charge is 2.11. The Morgan fingerprint density at radius 2 is 2.05 bits per heavy atom. The van der Waals surface area contributed by atoms with Crippen molar-refractivity contribution in [2.24, 2.45) is 5.73 Å². The predicted molar refractivity (Wildman–Crippen MR) is 85.0 cm³/mol. The van der Waals surface area contributed by atoms with Crippen molar-refractivity contribution in [2.45, 2.75) is 26.2 Å². The minimum absolute atomic E-state index is 0.00223. The summed E-state index contributed by atoms with van der Waals surface area (Å²) in [6, 6.07) is 7.21. The van der Waals surface area contributed by atoms with Gasteiger partial charge in [0.05, 0.1) is 5.56 Å². The van der Waals surface area contributed by atoms with Crippen LogP contribution in [0.2, 0.25) is 0 Å². The molecule has 0 spiro atoms. The minimum atomic E-state index is -0.0427. The van der Waals surface area contributed by atoms with Gasteiger partial charge in [-0.1, -0.05) is 44.1 Å². The van der Waals surface area contributed by atoms with Crippen LogP contribution in [0.15, 0.2) is 24.3 Å². The van der Waals surface area contributed by atoms with Gasteiger partial charge in [-0.3, -0.25) is 4.79 Å². The fourth-order valence-corrected chi connectivity index (χ4v) is 1.94. The summed E-state index contributed by atoms with van der Waals surface area (Å²) in [4.78, 5) is 13.9. The van der Waals surface area contributed by atoms with Gasteiger partial charge < -0.3 is 15.4 Å². The van der Waals surface area contributed by atoms with Gasteiger partial charge in [0.1, 0.15) is 10.7 Å². The van der Waals surface area contributed by atoms with Crippen LogP contribution in [0.5, 0.6) is 5.75 Å². The number of unbranched alkanes of at least 4 members (excludes halogenated alkanes) is 2. The fraction of sp³-hybridized carbons (Fsp3) is 0.467. The molecule has 0 fully saturated rings. The maximum atomic E-state index is 11.9. The van der Waals surface area contributed by atoms with Crippen LogP contribution in [0.25, 0.3) is 0 Å². The van der Waals surface area contributed by atoms with Crippen molar-refractivity contribution in [1.29, 1.82) is 0 Å². The molecule has 2 N–H and O–H groups in total. The lowest BCUT2D eigenvalue weighted by atomic mass is 10.2. The second-order valence-corrected chi connectivity index (χ2v) is 5.11. The SMILES string of the molecule is CCCCCN(C)C(=O)COc1ccccc1C(N)=S. The number of ether oxygens (including phenoxy) is 1. The minimum Gasteiger partial charge on any atom is -0.483 e. The Kier molecular flexibility index (Phi) is 7.01. The molecule has 0 aliphatic rings. The number of rotatable bonds is 8. The molecule has 1 rings (SSSR count). The van der Waals surface area contributed by atoms with Crippen LogP contribution in [0.4, 0.5) is 0 Å². The number of hydrogen-bond donors (Lipinski definition) is 1. The lowest BCUT2D eigenvalue weighted by Crippen LogP contribution is -2.32. The summed E-state index contributed by atoms with van der Waals surface area (Å²) in [5.74, 6) is 0.508. The van der Waals surface area contributed by atoms with E-state index in [4.69, 9.17) is 22.7 Å². The van der Waals surface area contributed by atoms with E-state index in [1.807, 2.05) is 12.1 Å². The quantitative estimate of drug-likeness (QED) is 0.590. The number of benzene rings is 1. The van der Waals surface area contributed by atoms with Crippen molar-refractivity contribution in [1.82, 2.24) is 4.90 Å². The van der Waals surface area contributed by atoms with E-state index in [9.17, 15) is 4.79 Å². The zero-order valence-electron chi connectivity index (χ0n) is 12.1. The van der Waals surface area contributed by atoms with Crippen LogP contribution in [0, 0.1) is 0 Å². The first-order chi connectivity index (χ1) is 9.56.